The van der Waals surface area contributed by atoms with Gasteiger partial charge in [0.25, 0.3) is 11.8 Å². The first-order chi connectivity index (χ1) is 10.3. The van der Waals surface area contributed by atoms with Crippen molar-refractivity contribution in [3.63, 3.8) is 0 Å². The molecule has 2 heterocycles. The Labute approximate surface area is 124 Å². The molecule has 0 bridgehead atoms. The minimum atomic E-state index is 0.525. The molecule has 1 saturated heterocycles. The Morgan fingerprint density at radius 3 is 2.67 bits per heavy atom. The van der Waals surface area contributed by atoms with Gasteiger partial charge in [0.05, 0.1) is 0 Å². The van der Waals surface area contributed by atoms with Crippen molar-refractivity contribution in [2.45, 2.75) is 25.7 Å². The van der Waals surface area contributed by atoms with Crippen LogP contribution in [0.1, 0.15) is 37.1 Å². The Kier molecular flexibility index (Phi) is 4.19. The fraction of sp³-hybridized carbons (Fsp3) is 0.375. The Bertz CT molecular complexity index is 612. The summed E-state index contributed by atoms with van der Waals surface area (Å²) in [5, 5.41) is 4.08. The third kappa shape index (κ3) is 3.62. The van der Waals surface area contributed by atoms with Crippen molar-refractivity contribution in [1.82, 2.24) is 10.1 Å². The molecule has 5 heteroatoms. The monoisotopic (exact) mass is 284 g/mol. The van der Waals surface area contributed by atoms with Gasteiger partial charge in [0.1, 0.15) is 0 Å². The van der Waals surface area contributed by atoms with Gasteiger partial charge in [-0.15, -0.1) is 0 Å². The topological polar surface area (TPSA) is 68.2 Å². The number of rotatable bonds is 3. The molecule has 1 aromatic carbocycles. The number of nitrogens with zero attached hydrogens (tertiary/aromatic N) is 3. The zero-order valence-corrected chi connectivity index (χ0v) is 12.0. The molecule has 1 aromatic heterocycles. The van der Waals surface area contributed by atoms with Crippen LogP contribution >= 0.6 is 0 Å². The largest absolute Gasteiger partial charge is 0.399 e. The van der Waals surface area contributed by atoms with Gasteiger partial charge in [-0.25, -0.2) is 0 Å². The molecule has 0 unspecified atom stereocenters. The lowest BCUT2D eigenvalue weighted by atomic mass is 10.2. The SMILES string of the molecule is Nc1cccc(/C=C/c2nc(N3CCCCCC3)no2)c1. The predicted molar refractivity (Wildman–Crippen MR) is 84.8 cm³/mol. The molecule has 0 saturated carbocycles. The molecule has 5 nitrogen and oxygen atoms in total. The van der Waals surface area contributed by atoms with Crippen LogP contribution in [0.5, 0.6) is 0 Å². The second-order valence-corrected chi connectivity index (χ2v) is 5.34. The fourth-order valence-corrected chi connectivity index (χ4v) is 2.52. The van der Waals surface area contributed by atoms with Gasteiger partial charge < -0.3 is 15.2 Å². The Balaban J connectivity index is 1.69. The third-order valence-corrected chi connectivity index (χ3v) is 3.65. The standard InChI is InChI=1S/C16H20N4O/c17-14-7-5-6-13(12-14)8-9-15-18-16(19-21-15)20-10-3-1-2-4-11-20/h5-9,12H,1-4,10-11,17H2/b9-8+. The van der Waals surface area contributed by atoms with Crippen LogP contribution in [0.4, 0.5) is 11.6 Å². The summed E-state index contributed by atoms with van der Waals surface area (Å²) in [6.07, 6.45) is 8.72. The molecule has 0 amide bonds. The molecule has 2 aromatic rings. The van der Waals surface area contributed by atoms with E-state index < -0.39 is 0 Å². The van der Waals surface area contributed by atoms with E-state index in [0.29, 0.717) is 11.8 Å². The average molecular weight is 284 g/mol. The summed E-state index contributed by atoms with van der Waals surface area (Å²) >= 11 is 0. The van der Waals surface area contributed by atoms with E-state index in [2.05, 4.69) is 15.0 Å². The van der Waals surface area contributed by atoms with E-state index in [1.54, 1.807) is 0 Å². The second kappa shape index (κ2) is 6.43. The molecule has 1 aliphatic heterocycles. The molecular weight excluding hydrogens is 264 g/mol. The summed E-state index contributed by atoms with van der Waals surface area (Å²) in [7, 11) is 0. The van der Waals surface area contributed by atoms with Crippen LogP contribution in [0.3, 0.4) is 0 Å². The van der Waals surface area contributed by atoms with Crippen molar-refractivity contribution in [1.29, 1.82) is 0 Å². The van der Waals surface area contributed by atoms with Crippen LogP contribution in [-0.4, -0.2) is 23.2 Å². The average Bonchev–Trinajstić information content (AvgIpc) is 2.79. The van der Waals surface area contributed by atoms with Gasteiger partial charge in [0, 0.05) is 24.9 Å². The van der Waals surface area contributed by atoms with E-state index in [9.17, 15) is 0 Å². The van der Waals surface area contributed by atoms with Crippen LogP contribution in [0.15, 0.2) is 28.8 Å². The second-order valence-electron chi connectivity index (χ2n) is 5.34. The first kappa shape index (κ1) is 13.7. The first-order valence-corrected chi connectivity index (χ1v) is 7.43. The van der Waals surface area contributed by atoms with Gasteiger partial charge in [0.15, 0.2) is 0 Å². The molecule has 3 rings (SSSR count). The van der Waals surface area contributed by atoms with Crippen molar-refractivity contribution in [3.05, 3.63) is 35.7 Å². The summed E-state index contributed by atoms with van der Waals surface area (Å²) in [6.45, 7) is 2.02. The van der Waals surface area contributed by atoms with Crippen molar-refractivity contribution in [3.8, 4) is 0 Å². The van der Waals surface area contributed by atoms with Gasteiger partial charge >= 0.3 is 0 Å². The molecule has 21 heavy (non-hydrogen) atoms. The maximum atomic E-state index is 5.75. The first-order valence-electron chi connectivity index (χ1n) is 7.43. The Morgan fingerprint density at radius 2 is 1.90 bits per heavy atom. The zero-order chi connectivity index (χ0) is 14.5. The normalized spacial score (nSPS) is 16.3. The summed E-state index contributed by atoms with van der Waals surface area (Å²) in [5.41, 5.74) is 7.51. The van der Waals surface area contributed by atoms with Gasteiger partial charge in [0.2, 0.25) is 0 Å². The van der Waals surface area contributed by atoms with Crippen LogP contribution in [0.25, 0.3) is 12.2 Å². The number of hydrogen-bond acceptors (Lipinski definition) is 5. The highest BCUT2D eigenvalue weighted by molar-refractivity contribution is 5.68. The van der Waals surface area contributed by atoms with Gasteiger partial charge in [-0.3, -0.25) is 0 Å². The molecule has 1 aliphatic rings. The van der Waals surface area contributed by atoms with E-state index in [-0.39, 0.29) is 0 Å². The Morgan fingerprint density at radius 1 is 1.10 bits per heavy atom. The molecule has 2 N–H and O–H groups in total. The van der Waals surface area contributed by atoms with Crippen LogP contribution in [0.2, 0.25) is 0 Å². The number of benzene rings is 1. The van der Waals surface area contributed by atoms with Crippen molar-refractivity contribution < 1.29 is 4.52 Å². The lowest BCUT2D eigenvalue weighted by Gasteiger charge is -2.16. The highest BCUT2D eigenvalue weighted by Gasteiger charge is 2.14. The summed E-state index contributed by atoms with van der Waals surface area (Å²) < 4.78 is 5.29. The van der Waals surface area contributed by atoms with E-state index in [1.807, 2.05) is 36.4 Å². The maximum absolute atomic E-state index is 5.75. The predicted octanol–water partition coefficient (Wildman–Crippen LogP) is 3.20. The molecule has 0 atom stereocenters. The maximum Gasteiger partial charge on any atom is 0.266 e. The van der Waals surface area contributed by atoms with Gasteiger partial charge in [-0.2, -0.15) is 4.98 Å². The molecule has 110 valence electrons. The number of aromatic nitrogens is 2. The summed E-state index contributed by atoms with van der Waals surface area (Å²) in [5.74, 6) is 1.22. The third-order valence-electron chi connectivity index (χ3n) is 3.65. The lowest BCUT2D eigenvalue weighted by molar-refractivity contribution is 0.409. The molecule has 0 aliphatic carbocycles. The van der Waals surface area contributed by atoms with E-state index in [1.165, 1.54) is 25.7 Å². The highest BCUT2D eigenvalue weighted by atomic mass is 16.5. The van der Waals surface area contributed by atoms with Crippen molar-refractivity contribution in [2.75, 3.05) is 23.7 Å². The van der Waals surface area contributed by atoms with Gasteiger partial charge in [-0.05, 0) is 41.8 Å². The number of hydrogen-bond donors (Lipinski definition) is 1. The van der Waals surface area contributed by atoms with Crippen LogP contribution in [-0.2, 0) is 0 Å². The molecule has 1 fully saturated rings. The van der Waals surface area contributed by atoms with E-state index >= 15 is 0 Å². The minimum Gasteiger partial charge on any atom is -0.399 e. The van der Waals surface area contributed by atoms with Crippen molar-refractivity contribution in [2.24, 2.45) is 0 Å². The fourth-order valence-electron chi connectivity index (χ4n) is 2.52. The molecule has 0 radical (unpaired) electrons. The van der Waals surface area contributed by atoms with E-state index in [0.717, 1.165) is 24.3 Å². The smallest absolute Gasteiger partial charge is 0.266 e. The molecule has 0 spiro atoms. The van der Waals surface area contributed by atoms with Gasteiger partial charge in [-0.1, -0.05) is 25.0 Å². The van der Waals surface area contributed by atoms with Crippen LogP contribution in [0, 0.1) is 0 Å². The molecular formula is C16H20N4O. The summed E-state index contributed by atoms with van der Waals surface area (Å²) in [4.78, 5) is 6.65. The minimum absolute atomic E-state index is 0.525. The van der Waals surface area contributed by atoms with Crippen LogP contribution < -0.4 is 10.6 Å². The zero-order valence-electron chi connectivity index (χ0n) is 12.0. The van der Waals surface area contributed by atoms with Crippen molar-refractivity contribution >= 4 is 23.8 Å². The summed E-state index contributed by atoms with van der Waals surface area (Å²) in [6, 6.07) is 7.68. The number of anilines is 2. The lowest BCUT2D eigenvalue weighted by Crippen LogP contribution is -2.24. The Hall–Kier alpha value is -2.30. The highest BCUT2D eigenvalue weighted by Crippen LogP contribution is 2.17. The number of nitrogen functional groups attached to an aromatic ring is 1. The number of nitrogens with two attached hydrogens (primary N) is 1. The van der Waals surface area contributed by atoms with E-state index in [4.69, 9.17) is 10.3 Å². The quantitative estimate of drug-likeness (QED) is 0.877.